The maximum atomic E-state index is 6.34. The highest BCUT2D eigenvalue weighted by Gasteiger charge is 2.44. The minimum absolute atomic E-state index is 0.489. The molecule has 22 heavy (non-hydrogen) atoms. The van der Waals surface area contributed by atoms with E-state index in [-0.39, 0.29) is 0 Å². The van der Waals surface area contributed by atoms with Crippen LogP contribution in [0.2, 0.25) is 5.02 Å². The van der Waals surface area contributed by atoms with Crippen molar-refractivity contribution in [1.82, 2.24) is 4.90 Å². The Morgan fingerprint density at radius 3 is 2.68 bits per heavy atom. The summed E-state index contributed by atoms with van der Waals surface area (Å²) in [7, 11) is 2.27. The van der Waals surface area contributed by atoms with E-state index < -0.39 is 0 Å². The van der Waals surface area contributed by atoms with Gasteiger partial charge in [-0.15, -0.1) is 0 Å². The summed E-state index contributed by atoms with van der Waals surface area (Å²) in [6.45, 7) is 3.43. The summed E-state index contributed by atoms with van der Waals surface area (Å²) in [6.07, 6.45) is 2.60. The molecule has 114 valence electrons. The fourth-order valence-corrected chi connectivity index (χ4v) is 4.85. The smallest absolute Gasteiger partial charge is 0.0409 e. The lowest BCUT2D eigenvalue weighted by Crippen LogP contribution is -2.34. The Labute approximate surface area is 137 Å². The van der Waals surface area contributed by atoms with E-state index in [2.05, 4.69) is 61.3 Å². The van der Waals surface area contributed by atoms with Crippen molar-refractivity contribution in [1.29, 1.82) is 0 Å². The highest BCUT2D eigenvalue weighted by atomic mass is 35.5. The molecule has 0 amide bonds. The molecule has 3 unspecified atom stereocenters. The standard InChI is InChI=1S/C20H22ClN/c1-13-6-3-4-7-15(13)19-17-8-5-11-22(2)20(17)16-10-9-14(21)12-18(16)19/h3-4,6-7,9-10,12,17,19-20H,5,8,11H2,1-2H3. The Hall–Kier alpha value is -1.31. The summed E-state index contributed by atoms with van der Waals surface area (Å²) in [5, 5.41) is 0.860. The number of hydrogen-bond acceptors (Lipinski definition) is 1. The first kappa shape index (κ1) is 14.3. The zero-order chi connectivity index (χ0) is 15.3. The third-order valence-corrected chi connectivity index (χ3v) is 5.82. The maximum Gasteiger partial charge on any atom is 0.0409 e. The van der Waals surface area contributed by atoms with Crippen LogP contribution in [0.4, 0.5) is 0 Å². The van der Waals surface area contributed by atoms with E-state index in [1.165, 1.54) is 41.6 Å². The maximum absolute atomic E-state index is 6.34. The predicted molar refractivity (Wildman–Crippen MR) is 92.6 cm³/mol. The molecule has 3 atom stereocenters. The molecule has 2 aliphatic rings. The van der Waals surface area contributed by atoms with E-state index in [1.54, 1.807) is 0 Å². The average Bonchev–Trinajstić information content (AvgIpc) is 2.82. The molecule has 0 aromatic heterocycles. The van der Waals surface area contributed by atoms with Crippen LogP contribution in [-0.2, 0) is 0 Å². The van der Waals surface area contributed by atoms with Crippen molar-refractivity contribution < 1.29 is 0 Å². The normalized spacial score (nSPS) is 27.5. The highest BCUT2D eigenvalue weighted by molar-refractivity contribution is 6.30. The summed E-state index contributed by atoms with van der Waals surface area (Å²) in [5.74, 6) is 1.16. The van der Waals surface area contributed by atoms with Crippen molar-refractivity contribution in [3.63, 3.8) is 0 Å². The number of halogens is 1. The van der Waals surface area contributed by atoms with Crippen LogP contribution in [-0.4, -0.2) is 18.5 Å². The van der Waals surface area contributed by atoms with Gasteiger partial charge in [0.05, 0.1) is 0 Å². The number of hydrogen-bond donors (Lipinski definition) is 0. The summed E-state index contributed by atoms with van der Waals surface area (Å²) in [4.78, 5) is 2.54. The second kappa shape index (κ2) is 5.40. The molecule has 1 aliphatic heterocycles. The topological polar surface area (TPSA) is 3.24 Å². The molecule has 1 aliphatic carbocycles. The van der Waals surface area contributed by atoms with Gasteiger partial charge in [-0.05, 0) is 73.7 Å². The van der Waals surface area contributed by atoms with Gasteiger partial charge in [0.2, 0.25) is 0 Å². The lowest BCUT2D eigenvalue weighted by Gasteiger charge is -2.37. The molecule has 0 radical (unpaired) electrons. The van der Waals surface area contributed by atoms with E-state index in [4.69, 9.17) is 11.6 Å². The Morgan fingerprint density at radius 2 is 1.86 bits per heavy atom. The summed E-state index contributed by atoms with van der Waals surface area (Å²) < 4.78 is 0. The zero-order valence-electron chi connectivity index (χ0n) is 13.2. The third kappa shape index (κ3) is 2.11. The fourth-order valence-electron chi connectivity index (χ4n) is 4.67. The van der Waals surface area contributed by atoms with Crippen molar-refractivity contribution in [2.24, 2.45) is 5.92 Å². The Morgan fingerprint density at radius 1 is 1.05 bits per heavy atom. The fraction of sp³-hybridized carbons (Fsp3) is 0.400. The third-order valence-electron chi connectivity index (χ3n) is 5.58. The van der Waals surface area contributed by atoms with Gasteiger partial charge >= 0.3 is 0 Å². The van der Waals surface area contributed by atoms with Crippen LogP contribution >= 0.6 is 11.6 Å². The van der Waals surface area contributed by atoms with Crippen molar-refractivity contribution in [3.05, 3.63) is 69.7 Å². The summed E-state index contributed by atoms with van der Waals surface area (Å²) in [5.41, 5.74) is 5.82. The molecule has 2 aromatic carbocycles. The first-order valence-electron chi connectivity index (χ1n) is 8.22. The van der Waals surface area contributed by atoms with E-state index in [9.17, 15) is 0 Å². The Kier molecular flexibility index (Phi) is 3.51. The Bertz CT molecular complexity index is 709. The van der Waals surface area contributed by atoms with Crippen molar-refractivity contribution in [2.45, 2.75) is 31.7 Å². The van der Waals surface area contributed by atoms with Gasteiger partial charge in [0, 0.05) is 17.0 Å². The predicted octanol–water partition coefficient (Wildman–Crippen LogP) is 5.18. The highest BCUT2D eigenvalue weighted by Crippen LogP contribution is 2.55. The summed E-state index contributed by atoms with van der Waals surface area (Å²) in [6, 6.07) is 15.9. The van der Waals surface area contributed by atoms with Crippen LogP contribution in [0.25, 0.3) is 0 Å². The first-order valence-corrected chi connectivity index (χ1v) is 8.59. The largest absolute Gasteiger partial charge is 0.299 e. The molecule has 1 fully saturated rings. The second-order valence-corrected chi connectivity index (χ2v) is 7.28. The van der Waals surface area contributed by atoms with Gasteiger partial charge in [-0.3, -0.25) is 4.90 Å². The van der Waals surface area contributed by atoms with Gasteiger partial charge in [0.1, 0.15) is 0 Å². The van der Waals surface area contributed by atoms with Gasteiger partial charge < -0.3 is 0 Å². The molecule has 0 spiro atoms. The van der Waals surface area contributed by atoms with Crippen molar-refractivity contribution >= 4 is 11.6 Å². The SMILES string of the molecule is Cc1ccccc1C1c2cc(Cl)ccc2C2C1CCCN2C. The number of piperidine rings is 1. The van der Waals surface area contributed by atoms with Crippen molar-refractivity contribution in [3.8, 4) is 0 Å². The van der Waals surface area contributed by atoms with Crippen LogP contribution in [0.1, 0.15) is 47.1 Å². The summed E-state index contributed by atoms with van der Waals surface area (Å²) >= 11 is 6.34. The molecule has 1 nitrogen and oxygen atoms in total. The molecule has 2 heteroatoms. The van der Waals surface area contributed by atoms with Crippen molar-refractivity contribution in [2.75, 3.05) is 13.6 Å². The van der Waals surface area contributed by atoms with Crippen LogP contribution < -0.4 is 0 Å². The van der Waals surface area contributed by atoms with E-state index in [0.717, 1.165) is 5.02 Å². The van der Waals surface area contributed by atoms with Crippen LogP contribution in [0.5, 0.6) is 0 Å². The second-order valence-electron chi connectivity index (χ2n) is 6.84. The lowest BCUT2D eigenvalue weighted by atomic mass is 9.79. The number of likely N-dealkylation sites (tertiary alicyclic amines) is 1. The molecule has 0 N–H and O–H groups in total. The number of benzene rings is 2. The Balaban J connectivity index is 1.91. The van der Waals surface area contributed by atoms with E-state index in [0.29, 0.717) is 17.9 Å². The number of nitrogens with zero attached hydrogens (tertiary/aromatic N) is 1. The minimum Gasteiger partial charge on any atom is -0.299 e. The molecule has 4 rings (SSSR count). The minimum atomic E-state index is 0.489. The number of aryl methyl sites for hydroxylation is 1. The molecule has 0 bridgehead atoms. The van der Waals surface area contributed by atoms with Crippen LogP contribution in [0, 0.1) is 12.8 Å². The van der Waals surface area contributed by atoms with E-state index in [1.807, 2.05) is 0 Å². The van der Waals surface area contributed by atoms with Gasteiger partial charge in [0.15, 0.2) is 0 Å². The average molecular weight is 312 g/mol. The zero-order valence-corrected chi connectivity index (χ0v) is 14.0. The first-order chi connectivity index (χ1) is 10.7. The number of rotatable bonds is 1. The monoisotopic (exact) mass is 311 g/mol. The van der Waals surface area contributed by atoms with Crippen LogP contribution in [0.3, 0.4) is 0 Å². The molecule has 2 aromatic rings. The van der Waals surface area contributed by atoms with Gasteiger partial charge in [-0.1, -0.05) is 41.9 Å². The molecular weight excluding hydrogens is 290 g/mol. The quantitative estimate of drug-likeness (QED) is 0.701. The molecule has 1 heterocycles. The van der Waals surface area contributed by atoms with E-state index >= 15 is 0 Å². The van der Waals surface area contributed by atoms with Gasteiger partial charge in [0.25, 0.3) is 0 Å². The molecule has 1 saturated heterocycles. The van der Waals surface area contributed by atoms with Gasteiger partial charge in [-0.2, -0.15) is 0 Å². The molecule has 0 saturated carbocycles. The molecular formula is C20H22ClN. The lowest BCUT2D eigenvalue weighted by molar-refractivity contribution is 0.127. The number of fused-ring (bicyclic) bond motifs is 3. The van der Waals surface area contributed by atoms with Crippen LogP contribution in [0.15, 0.2) is 42.5 Å². The van der Waals surface area contributed by atoms with Gasteiger partial charge in [-0.25, -0.2) is 0 Å².